The van der Waals surface area contributed by atoms with Crippen molar-refractivity contribution < 1.29 is 9.00 Å². The normalized spacial score (nSPS) is 14.8. The maximum atomic E-state index is 11.5. The minimum atomic E-state index is -1.68. The Kier molecular flexibility index (Phi) is 3.43. The summed E-state index contributed by atoms with van der Waals surface area (Å²) >= 11 is 0. The van der Waals surface area contributed by atoms with E-state index in [-0.39, 0.29) is 5.82 Å². The summed E-state index contributed by atoms with van der Waals surface area (Å²) in [5.41, 5.74) is 0.864. The number of hydrogen-bond acceptors (Lipinski definition) is 4. The predicted octanol–water partition coefficient (Wildman–Crippen LogP) is -0.0214. The molecule has 2 unspecified atom stereocenters. The SMILES string of the molecule is Cc1cnc(C(=O)C(C)S(N)=O)nc1. The second-order valence-corrected chi connectivity index (χ2v) is 4.28. The van der Waals surface area contributed by atoms with Crippen LogP contribution in [0.3, 0.4) is 0 Å². The van der Waals surface area contributed by atoms with E-state index >= 15 is 0 Å². The number of carbonyl (C=O) groups is 1. The molecule has 1 aromatic rings. The second-order valence-electron chi connectivity index (χ2n) is 2.92. The van der Waals surface area contributed by atoms with Crippen molar-refractivity contribution in [2.45, 2.75) is 19.1 Å². The molecule has 0 aliphatic carbocycles. The molecule has 0 aliphatic heterocycles. The summed E-state index contributed by atoms with van der Waals surface area (Å²) in [7, 11) is -1.68. The van der Waals surface area contributed by atoms with Crippen LogP contribution in [0.2, 0.25) is 0 Å². The van der Waals surface area contributed by atoms with Crippen molar-refractivity contribution in [1.82, 2.24) is 9.97 Å². The van der Waals surface area contributed by atoms with E-state index in [1.165, 1.54) is 19.3 Å². The molecule has 1 aromatic heterocycles. The van der Waals surface area contributed by atoms with Crippen LogP contribution in [0.1, 0.15) is 23.1 Å². The van der Waals surface area contributed by atoms with Gasteiger partial charge in [0.15, 0.2) is 5.82 Å². The average molecular weight is 213 g/mol. The number of aromatic nitrogens is 2. The molecule has 76 valence electrons. The standard InChI is InChI=1S/C8H11N3O2S/c1-5-3-10-8(11-4-5)7(12)6(2)14(9)13/h3-4,6H,9H2,1-2H3. The number of rotatable bonds is 3. The molecule has 0 bridgehead atoms. The molecule has 14 heavy (non-hydrogen) atoms. The van der Waals surface area contributed by atoms with E-state index in [1.807, 2.05) is 6.92 Å². The quantitative estimate of drug-likeness (QED) is 0.715. The van der Waals surface area contributed by atoms with Gasteiger partial charge in [0, 0.05) is 12.4 Å². The zero-order valence-corrected chi connectivity index (χ0v) is 8.75. The lowest BCUT2D eigenvalue weighted by Crippen LogP contribution is -2.28. The van der Waals surface area contributed by atoms with Crippen LogP contribution < -0.4 is 5.14 Å². The minimum absolute atomic E-state index is 0.0573. The third-order valence-corrected chi connectivity index (χ3v) is 2.63. The van der Waals surface area contributed by atoms with Crippen molar-refractivity contribution in [1.29, 1.82) is 0 Å². The van der Waals surface area contributed by atoms with Crippen molar-refractivity contribution in [3.63, 3.8) is 0 Å². The zero-order valence-electron chi connectivity index (χ0n) is 7.93. The average Bonchev–Trinajstić information content (AvgIpc) is 2.16. The highest BCUT2D eigenvalue weighted by Gasteiger charge is 2.21. The van der Waals surface area contributed by atoms with E-state index in [1.54, 1.807) is 0 Å². The first kappa shape index (κ1) is 10.9. The van der Waals surface area contributed by atoms with E-state index in [9.17, 15) is 9.00 Å². The maximum absolute atomic E-state index is 11.5. The van der Waals surface area contributed by atoms with Gasteiger partial charge in [-0.2, -0.15) is 0 Å². The monoisotopic (exact) mass is 213 g/mol. The summed E-state index contributed by atoms with van der Waals surface area (Å²) < 4.78 is 10.8. The number of nitrogens with two attached hydrogens (primary N) is 1. The van der Waals surface area contributed by atoms with Gasteiger partial charge in [0.2, 0.25) is 5.78 Å². The van der Waals surface area contributed by atoms with E-state index in [0.717, 1.165) is 5.56 Å². The zero-order chi connectivity index (χ0) is 10.7. The van der Waals surface area contributed by atoms with Crippen molar-refractivity contribution in [2.24, 2.45) is 5.14 Å². The van der Waals surface area contributed by atoms with Gasteiger partial charge in [-0.05, 0) is 19.4 Å². The van der Waals surface area contributed by atoms with Gasteiger partial charge in [0.25, 0.3) is 0 Å². The highest BCUT2D eigenvalue weighted by molar-refractivity contribution is 7.84. The van der Waals surface area contributed by atoms with Gasteiger partial charge in [-0.25, -0.2) is 14.2 Å². The first-order valence-electron chi connectivity index (χ1n) is 4.00. The van der Waals surface area contributed by atoms with Gasteiger partial charge in [-0.15, -0.1) is 0 Å². The van der Waals surface area contributed by atoms with Gasteiger partial charge >= 0.3 is 0 Å². The number of ketones is 1. The predicted molar refractivity (Wildman–Crippen MR) is 52.9 cm³/mol. The van der Waals surface area contributed by atoms with Gasteiger partial charge in [0.05, 0.1) is 11.0 Å². The molecule has 0 radical (unpaired) electrons. The molecule has 2 atom stereocenters. The molecule has 0 saturated carbocycles. The Balaban J connectivity index is 2.90. The summed E-state index contributed by atoms with van der Waals surface area (Å²) in [6.07, 6.45) is 3.07. The smallest absolute Gasteiger partial charge is 0.216 e. The third kappa shape index (κ3) is 2.43. The Morgan fingerprint density at radius 3 is 2.43 bits per heavy atom. The lowest BCUT2D eigenvalue weighted by atomic mass is 10.3. The Morgan fingerprint density at radius 1 is 1.50 bits per heavy atom. The fraction of sp³-hybridized carbons (Fsp3) is 0.375. The lowest BCUT2D eigenvalue weighted by Gasteiger charge is -2.04. The number of hydrogen-bond donors (Lipinski definition) is 1. The van der Waals surface area contributed by atoms with Crippen molar-refractivity contribution in [2.75, 3.05) is 0 Å². The first-order chi connectivity index (χ1) is 6.52. The van der Waals surface area contributed by atoms with Crippen LogP contribution in [-0.4, -0.2) is 25.2 Å². The second kappa shape index (κ2) is 4.39. The van der Waals surface area contributed by atoms with E-state index in [4.69, 9.17) is 5.14 Å². The van der Waals surface area contributed by atoms with Gasteiger partial charge in [-0.1, -0.05) is 0 Å². The van der Waals surface area contributed by atoms with Gasteiger partial charge in [0.1, 0.15) is 5.25 Å². The molecule has 0 saturated heterocycles. The molecular formula is C8H11N3O2S. The molecular weight excluding hydrogens is 202 g/mol. The summed E-state index contributed by atoms with van der Waals surface area (Å²) in [6, 6.07) is 0. The van der Waals surface area contributed by atoms with Gasteiger partial charge in [-0.3, -0.25) is 9.93 Å². The van der Waals surface area contributed by atoms with Crippen LogP contribution >= 0.6 is 0 Å². The first-order valence-corrected chi connectivity index (χ1v) is 5.28. The van der Waals surface area contributed by atoms with Crippen LogP contribution in [0, 0.1) is 6.92 Å². The molecule has 0 fully saturated rings. The summed E-state index contributed by atoms with van der Waals surface area (Å²) in [5, 5.41) is 4.33. The lowest BCUT2D eigenvalue weighted by molar-refractivity contribution is 0.0982. The number of carbonyl (C=O) groups excluding carboxylic acids is 1. The Bertz CT molecular complexity index is 363. The molecule has 0 aromatic carbocycles. The third-order valence-electron chi connectivity index (χ3n) is 1.72. The van der Waals surface area contributed by atoms with Crippen molar-refractivity contribution in [3.8, 4) is 0 Å². The van der Waals surface area contributed by atoms with Crippen molar-refractivity contribution >= 4 is 16.8 Å². The van der Waals surface area contributed by atoms with Gasteiger partial charge < -0.3 is 0 Å². The minimum Gasteiger partial charge on any atom is -0.289 e. The fourth-order valence-corrected chi connectivity index (χ4v) is 1.12. The van der Waals surface area contributed by atoms with E-state index in [2.05, 4.69) is 9.97 Å². The molecule has 0 spiro atoms. The van der Waals surface area contributed by atoms with Crippen LogP contribution in [0.25, 0.3) is 0 Å². The summed E-state index contributed by atoms with van der Waals surface area (Å²) in [5.74, 6) is -0.340. The largest absolute Gasteiger partial charge is 0.289 e. The maximum Gasteiger partial charge on any atom is 0.216 e. The summed E-state index contributed by atoms with van der Waals surface area (Å²) in [4.78, 5) is 19.2. The van der Waals surface area contributed by atoms with Crippen molar-refractivity contribution in [3.05, 3.63) is 23.8 Å². The molecule has 6 heteroatoms. The number of Topliss-reactive ketones (excluding diaryl/α,β-unsaturated/α-hetero) is 1. The van der Waals surface area contributed by atoms with Crippen LogP contribution in [0.15, 0.2) is 12.4 Å². The molecule has 1 rings (SSSR count). The highest BCUT2D eigenvalue weighted by Crippen LogP contribution is 2.01. The van der Waals surface area contributed by atoms with Crippen LogP contribution in [0.5, 0.6) is 0 Å². The number of nitrogens with zero attached hydrogens (tertiary/aromatic N) is 2. The molecule has 0 amide bonds. The Hall–Kier alpha value is -1.14. The Morgan fingerprint density at radius 2 is 2.00 bits per heavy atom. The number of aryl methyl sites for hydroxylation is 1. The fourth-order valence-electron chi connectivity index (χ4n) is 0.807. The Labute approximate surface area is 84.3 Å². The molecule has 0 aliphatic rings. The van der Waals surface area contributed by atoms with E-state index in [0.29, 0.717) is 0 Å². The highest BCUT2D eigenvalue weighted by atomic mass is 32.2. The van der Waals surface area contributed by atoms with Crippen LogP contribution in [0.4, 0.5) is 0 Å². The van der Waals surface area contributed by atoms with Crippen LogP contribution in [-0.2, 0) is 11.0 Å². The summed E-state index contributed by atoms with van der Waals surface area (Å²) in [6.45, 7) is 3.31. The molecule has 5 nitrogen and oxygen atoms in total. The molecule has 2 N–H and O–H groups in total. The van der Waals surface area contributed by atoms with E-state index < -0.39 is 22.0 Å². The molecule has 1 heterocycles. The topological polar surface area (TPSA) is 85.9 Å².